The molecule has 33 heteroatoms. The Morgan fingerprint density at radius 3 is 1.12 bits per heavy atom. The zero-order valence-corrected chi connectivity index (χ0v) is 62.2. The first kappa shape index (κ1) is 79.9. The second-order valence-corrected chi connectivity index (χ2v) is 27.9. The quantitative estimate of drug-likeness (QED) is 0.0713. The van der Waals surface area contributed by atoms with E-state index in [1.807, 2.05) is 35.8 Å². The van der Waals surface area contributed by atoms with Crippen LogP contribution in [0, 0.1) is 51.7 Å². The monoisotopic (exact) mass is 1490 g/mol. The molecule has 33 nitrogen and oxygen atoms in total. The molecule has 0 aromatic carbocycles. The van der Waals surface area contributed by atoms with E-state index in [1.165, 1.54) is 40.3 Å². The van der Waals surface area contributed by atoms with Crippen molar-refractivity contribution in [3.8, 4) is 18.2 Å². The summed E-state index contributed by atoms with van der Waals surface area (Å²) in [7, 11) is 12.0. The summed E-state index contributed by atoms with van der Waals surface area (Å²) < 4.78 is 16.0. The summed E-state index contributed by atoms with van der Waals surface area (Å²) in [6.45, 7) is 8.61. The average molecular weight is 1490 g/mol. The van der Waals surface area contributed by atoms with Gasteiger partial charge in [0, 0.05) is 142 Å². The highest BCUT2D eigenvalue weighted by molar-refractivity contribution is 6.02. The number of nitriles is 3. The van der Waals surface area contributed by atoms with Crippen molar-refractivity contribution in [1.82, 2.24) is 59.3 Å². The van der Waals surface area contributed by atoms with Gasteiger partial charge in [-0.15, -0.1) is 0 Å². The van der Waals surface area contributed by atoms with Crippen molar-refractivity contribution in [3.63, 3.8) is 0 Å². The minimum atomic E-state index is -0.494. The number of methoxy groups -OCH3 is 1. The van der Waals surface area contributed by atoms with Crippen molar-refractivity contribution >= 4 is 89.6 Å². The Hall–Kier alpha value is -11.6. The van der Waals surface area contributed by atoms with Crippen molar-refractivity contribution in [2.24, 2.45) is 17.8 Å². The third kappa shape index (κ3) is 21.2. The molecule has 1 aliphatic carbocycles. The minimum Gasteiger partial charge on any atom is -0.381 e. The molecule has 570 valence electrons. The summed E-state index contributed by atoms with van der Waals surface area (Å²) in [4.78, 5) is 151. The molecule has 11 heterocycles. The topological polar surface area (TPSA) is 395 Å². The molecule has 9 amide bonds. The number of anilines is 6. The van der Waals surface area contributed by atoms with E-state index >= 15 is 0 Å². The van der Waals surface area contributed by atoms with Gasteiger partial charge in [-0.05, 0) is 131 Å². The van der Waals surface area contributed by atoms with Crippen molar-refractivity contribution in [3.05, 3.63) is 140 Å². The number of rotatable bonds is 22. The zero-order chi connectivity index (χ0) is 77.8. The van der Waals surface area contributed by atoms with Gasteiger partial charge in [-0.3, -0.25) is 74.1 Å². The molecule has 1 saturated carbocycles. The molecule has 5 saturated heterocycles. The van der Waals surface area contributed by atoms with Crippen LogP contribution in [0.2, 0.25) is 0 Å². The first-order valence-corrected chi connectivity index (χ1v) is 35.8. The number of nitrogens with one attached hydrogen (secondary N) is 3. The van der Waals surface area contributed by atoms with E-state index in [2.05, 4.69) is 64.1 Å². The van der Waals surface area contributed by atoms with Crippen LogP contribution in [0.3, 0.4) is 0 Å². The molecule has 6 aliphatic rings. The Bertz CT molecular complexity index is 4490. The average Bonchev–Trinajstić information content (AvgIpc) is 0.827. The predicted molar refractivity (Wildman–Crippen MR) is 399 cm³/mol. The van der Waals surface area contributed by atoms with Crippen LogP contribution in [0.15, 0.2) is 73.2 Å². The number of likely N-dealkylation sites (N-methyl/N-ethyl adjacent to an activating group) is 3. The molecular formula is C76H89N21O12. The molecule has 12 rings (SSSR count). The summed E-state index contributed by atoms with van der Waals surface area (Å²) in [6, 6.07) is 20.2. The number of nitrogens with zero attached hydrogens (tertiary/aromatic N) is 18. The maximum Gasteiger partial charge on any atom is 0.328 e. The number of urea groups is 3. The van der Waals surface area contributed by atoms with Gasteiger partial charge < -0.3 is 28.9 Å². The van der Waals surface area contributed by atoms with E-state index in [9.17, 15) is 58.9 Å². The molecule has 0 unspecified atom stereocenters. The molecule has 0 bridgehead atoms. The number of hydrogen-bond acceptors (Lipinski definition) is 24. The highest BCUT2D eigenvalue weighted by atomic mass is 16.5. The number of piperazine rings is 3. The summed E-state index contributed by atoms with van der Waals surface area (Å²) in [5, 5.41) is 36.5. The van der Waals surface area contributed by atoms with Crippen LogP contribution >= 0.6 is 0 Å². The molecule has 109 heavy (non-hydrogen) atoms. The zero-order valence-electron chi connectivity index (χ0n) is 62.2. The van der Waals surface area contributed by atoms with Gasteiger partial charge in [0.25, 0.3) is 0 Å². The Balaban J connectivity index is 0.000000174. The third-order valence-electron chi connectivity index (χ3n) is 20.0. The Kier molecular flexibility index (Phi) is 27.7. The molecular weight excluding hydrogens is 1400 g/mol. The maximum atomic E-state index is 13.0. The Labute approximate surface area is 631 Å². The lowest BCUT2D eigenvalue weighted by Crippen LogP contribution is -2.48. The van der Waals surface area contributed by atoms with Crippen LogP contribution in [0.4, 0.5) is 49.3 Å². The summed E-state index contributed by atoms with van der Waals surface area (Å²) in [5.74, 6) is 3.00. The first-order valence-electron chi connectivity index (χ1n) is 35.8. The van der Waals surface area contributed by atoms with Crippen LogP contribution in [-0.4, -0.2) is 255 Å². The third-order valence-corrected chi connectivity index (χ3v) is 20.0. The van der Waals surface area contributed by atoms with Crippen LogP contribution in [0.1, 0.15) is 107 Å². The van der Waals surface area contributed by atoms with E-state index in [0.29, 0.717) is 166 Å². The molecule has 0 atom stereocenters. The van der Waals surface area contributed by atoms with Crippen LogP contribution in [-0.2, 0) is 67.5 Å². The number of carbonyl (C=O) groups excluding carboxylic acids is 9. The number of aldehydes is 3. The fourth-order valence-corrected chi connectivity index (χ4v) is 13.1. The number of aromatic nitrogens is 6. The van der Waals surface area contributed by atoms with Gasteiger partial charge in [0.2, 0.25) is 17.7 Å². The summed E-state index contributed by atoms with van der Waals surface area (Å²) in [5.41, 5.74) is 6.32. The first-order chi connectivity index (χ1) is 52.5. The smallest absolute Gasteiger partial charge is 0.328 e. The van der Waals surface area contributed by atoms with Gasteiger partial charge in [-0.1, -0.05) is 18.2 Å². The van der Waals surface area contributed by atoms with Gasteiger partial charge in [0.05, 0.1) is 55.6 Å². The van der Waals surface area contributed by atoms with Crippen LogP contribution < -0.4 is 30.7 Å². The number of pyridine rings is 6. The number of ether oxygens (including phenoxy) is 3. The number of amides is 9. The van der Waals surface area contributed by atoms with E-state index in [4.69, 9.17) is 14.2 Å². The van der Waals surface area contributed by atoms with Crippen LogP contribution in [0.5, 0.6) is 0 Å². The Morgan fingerprint density at radius 1 is 0.495 bits per heavy atom. The lowest BCUT2D eigenvalue weighted by atomic mass is 9.78. The SMILES string of the molecule is CN1CCN(Cc2ccc(N(C)C(=O)Nc3cc(CC4CCOCC4)c(C#N)cn3)nc2C=O)C(=O)C1.CN1CCN(Cc2ccc(N(C)C(=O)Nc3cc(CC4COC4)c(C#N)cn3)nc2C=O)C(=O)C1.COC1CC(Cc2cc(NC(=O)N(C)c3ccc(CN4CCN(C)CC4=O)c(C=O)n3)ncc2C#N)C1. The molecule has 0 radical (unpaired) electrons. The fraction of sp³-hybridized carbons (Fsp3) is 0.447. The lowest BCUT2D eigenvalue weighted by molar-refractivity contribution is -0.136. The van der Waals surface area contributed by atoms with Gasteiger partial charge in [-0.25, -0.2) is 44.3 Å². The second kappa shape index (κ2) is 37.7. The van der Waals surface area contributed by atoms with Crippen molar-refractivity contribution in [2.75, 3.05) is 165 Å². The van der Waals surface area contributed by atoms with E-state index in [1.54, 1.807) is 90.5 Å². The summed E-state index contributed by atoms with van der Waals surface area (Å²) in [6.07, 6.45) is 12.4. The predicted octanol–water partition coefficient (Wildman–Crippen LogP) is 5.43. The van der Waals surface area contributed by atoms with Crippen molar-refractivity contribution < 1.29 is 57.4 Å². The van der Waals surface area contributed by atoms with Gasteiger partial charge in [-0.2, -0.15) is 15.8 Å². The Morgan fingerprint density at radius 2 is 0.826 bits per heavy atom. The maximum absolute atomic E-state index is 13.0. The number of hydrogen-bond donors (Lipinski definition) is 3. The summed E-state index contributed by atoms with van der Waals surface area (Å²) >= 11 is 0. The normalized spacial score (nSPS) is 17.6. The highest BCUT2D eigenvalue weighted by Crippen LogP contribution is 2.34. The van der Waals surface area contributed by atoms with E-state index in [0.717, 1.165) is 68.4 Å². The molecule has 3 N–H and O–H groups in total. The van der Waals surface area contributed by atoms with Gasteiger partial charge in [0.15, 0.2) is 18.9 Å². The van der Waals surface area contributed by atoms with Crippen molar-refractivity contribution in [2.45, 2.75) is 70.7 Å². The van der Waals surface area contributed by atoms with E-state index in [-0.39, 0.29) is 78.0 Å². The molecule has 6 aromatic heterocycles. The molecule has 5 aliphatic heterocycles. The molecule has 6 aromatic rings. The standard InChI is InChI=1S/2C26H31N7O4.C24H27N7O4/c1-31-6-7-33(25(35)15-31)14-18-4-5-24(29-22(18)16-34)32(2)26(36)30-23-11-19(20(12-27)13-28-23)8-17-9-21(10-17)37-3;1-31-7-8-33(25(35)16-31)15-19-3-4-24(29-22(19)17-34)32(2)26(36)30-23-12-20(21(13-27)14-28-23)11-18-5-9-37-10-6-18;1-29-5-6-31(23(33)12-29)11-17-3-4-22(27-20(17)13-32)30(2)24(34)28-21-8-18(7-16-14-35-15-16)19(9-25)10-26-21/h4-5,11,13,16-17,21H,6-10,14-15H2,1-3H3,(H,28,30,36);3-4,12,14,17-18H,5-11,15-16H2,1-2H3,(H,28,30,36);3-4,8,10,13,16H,5-7,11-12,14-15H2,1-2H3,(H,26,28,34). The largest absolute Gasteiger partial charge is 0.381 e. The van der Waals surface area contributed by atoms with E-state index < -0.39 is 18.1 Å². The van der Waals surface area contributed by atoms with Crippen molar-refractivity contribution in [1.29, 1.82) is 15.8 Å². The van der Waals surface area contributed by atoms with Gasteiger partial charge in [0.1, 0.15) is 70.2 Å². The lowest BCUT2D eigenvalue weighted by Gasteiger charge is -2.34. The fourth-order valence-electron chi connectivity index (χ4n) is 13.1. The molecule has 6 fully saturated rings. The second-order valence-electron chi connectivity index (χ2n) is 27.9. The number of carbonyl (C=O) groups is 9. The van der Waals surface area contributed by atoms with Crippen LogP contribution in [0.25, 0.3) is 0 Å². The molecule has 0 spiro atoms. The minimum absolute atomic E-state index is 0.00252. The van der Waals surface area contributed by atoms with Gasteiger partial charge >= 0.3 is 18.1 Å². The highest BCUT2D eigenvalue weighted by Gasteiger charge is 2.32.